The molecule has 0 heterocycles. The van der Waals surface area contributed by atoms with Crippen molar-refractivity contribution in [2.45, 2.75) is 12.2 Å². The molecular weight excluding hydrogens is 182 g/mol. The van der Waals surface area contributed by atoms with Gasteiger partial charge in [0.05, 0.1) is 5.75 Å². The molecule has 0 fully saturated rings. The van der Waals surface area contributed by atoms with Gasteiger partial charge in [-0.15, -0.1) is 0 Å². The molecule has 6 N–H and O–H groups in total. The fraction of sp³-hybridized carbons (Fsp3) is 0.600. The molecule has 0 aromatic rings. The van der Waals surface area contributed by atoms with Crippen LogP contribution in [0.1, 0.15) is 0 Å². The lowest BCUT2D eigenvalue weighted by molar-refractivity contribution is -0.139. The van der Waals surface area contributed by atoms with Gasteiger partial charge in [0.25, 0.3) is 0 Å². The maximum Gasteiger partial charge on any atom is 0.324 e. The molecule has 1 amide bonds. The summed E-state index contributed by atoms with van der Waals surface area (Å²) in [5, 5.41) is 10.5. The fourth-order valence-corrected chi connectivity index (χ4v) is 0.566. The highest BCUT2D eigenvalue weighted by Crippen LogP contribution is 1.84. The van der Waals surface area contributed by atoms with Gasteiger partial charge in [-0.1, -0.05) is 0 Å². The fourth-order valence-electron chi connectivity index (χ4n) is 0.475. The van der Waals surface area contributed by atoms with E-state index in [-0.39, 0.29) is 5.75 Å². The number of carboxylic acids is 1. The second-order valence-electron chi connectivity index (χ2n) is 2.12. The van der Waals surface area contributed by atoms with Crippen molar-refractivity contribution in [1.82, 2.24) is 5.32 Å². The number of aliphatic carboxylic acids is 1. The van der Waals surface area contributed by atoms with Gasteiger partial charge < -0.3 is 21.9 Å². The molecule has 0 rings (SSSR count). The summed E-state index contributed by atoms with van der Waals surface area (Å²) >= 11 is 3.65. The lowest BCUT2D eigenvalue weighted by atomic mass is 10.2. The Hall–Kier alpha value is -0.790. The van der Waals surface area contributed by atoms with Crippen molar-refractivity contribution in [2.24, 2.45) is 11.5 Å². The molecule has 0 aliphatic carbocycles. The van der Waals surface area contributed by atoms with E-state index in [1.165, 1.54) is 0 Å². The number of nitrogens with two attached hydrogens (primary N) is 2. The maximum atomic E-state index is 10.6. The van der Waals surface area contributed by atoms with Gasteiger partial charge in [-0.3, -0.25) is 9.59 Å². The lowest BCUT2D eigenvalue weighted by Crippen LogP contribution is -2.57. The van der Waals surface area contributed by atoms with E-state index in [1.54, 1.807) is 0 Å². The quantitative estimate of drug-likeness (QED) is 0.255. The van der Waals surface area contributed by atoms with Gasteiger partial charge in [0.15, 0.2) is 0 Å². The highest BCUT2D eigenvalue weighted by atomic mass is 32.1. The molecule has 0 radical (unpaired) electrons. The van der Waals surface area contributed by atoms with E-state index in [0.717, 1.165) is 0 Å². The third-order valence-corrected chi connectivity index (χ3v) is 1.43. The topological polar surface area (TPSA) is 118 Å². The summed E-state index contributed by atoms with van der Waals surface area (Å²) in [5.41, 5.74) is 10.3. The van der Waals surface area contributed by atoms with Crippen LogP contribution in [0.4, 0.5) is 0 Å². The van der Waals surface area contributed by atoms with E-state index in [9.17, 15) is 9.59 Å². The second kappa shape index (κ2) is 4.96. The van der Waals surface area contributed by atoms with Crippen LogP contribution in [0.25, 0.3) is 0 Å². The number of nitrogens with one attached hydrogen (secondary N) is 1. The monoisotopic (exact) mass is 193 g/mol. The van der Waals surface area contributed by atoms with Crippen molar-refractivity contribution in [2.75, 3.05) is 5.75 Å². The molecule has 0 aromatic heterocycles. The maximum absolute atomic E-state index is 10.6. The Morgan fingerprint density at radius 1 is 1.50 bits per heavy atom. The van der Waals surface area contributed by atoms with Crippen molar-refractivity contribution >= 4 is 24.5 Å². The van der Waals surface area contributed by atoms with Gasteiger partial charge in [0, 0.05) is 0 Å². The molecule has 0 saturated heterocycles. The largest absolute Gasteiger partial charge is 0.480 e. The molecule has 12 heavy (non-hydrogen) atoms. The average molecular weight is 193 g/mol. The first-order valence-electron chi connectivity index (χ1n) is 3.13. The number of amides is 1. The summed E-state index contributed by atoms with van der Waals surface area (Å²) in [4.78, 5) is 20.9. The number of thiol groups is 1. The molecule has 2 unspecified atom stereocenters. The van der Waals surface area contributed by atoms with E-state index in [0.29, 0.717) is 0 Å². The van der Waals surface area contributed by atoms with Crippen LogP contribution < -0.4 is 16.8 Å². The zero-order valence-corrected chi connectivity index (χ0v) is 7.12. The van der Waals surface area contributed by atoms with Crippen LogP contribution >= 0.6 is 12.6 Å². The van der Waals surface area contributed by atoms with Crippen molar-refractivity contribution in [3.05, 3.63) is 0 Å². The van der Waals surface area contributed by atoms with Gasteiger partial charge in [-0.25, -0.2) is 0 Å². The number of carbonyl (C=O) groups is 2. The molecule has 0 aromatic carbocycles. The molecule has 0 spiro atoms. The summed E-state index contributed by atoms with van der Waals surface area (Å²) in [5.74, 6) is -1.77. The van der Waals surface area contributed by atoms with Crippen LogP contribution in [-0.4, -0.2) is 34.9 Å². The highest BCUT2D eigenvalue weighted by Gasteiger charge is 2.21. The zero-order chi connectivity index (χ0) is 9.72. The molecule has 70 valence electrons. The molecule has 2 atom stereocenters. The van der Waals surface area contributed by atoms with Gasteiger partial charge >= 0.3 is 5.97 Å². The Morgan fingerprint density at radius 2 is 2.00 bits per heavy atom. The van der Waals surface area contributed by atoms with Gasteiger partial charge in [-0.05, 0) is 0 Å². The Kier molecular flexibility index (Phi) is 4.64. The predicted molar refractivity (Wildman–Crippen MR) is 45.6 cm³/mol. The standard InChI is InChI=1S/C5H11N3O3S/c6-3(5(10)11)4(7)8-2(9)1-12/h3-4,12H,1,6-7H2,(H,8,9)(H,10,11). The normalized spacial score (nSPS) is 14.9. The molecule has 0 aliphatic rings. The molecule has 0 saturated carbocycles. The smallest absolute Gasteiger partial charge is 0.324 e. The average Bonchev–Trinajstić information content (AvgIpc) is 2.02. The molecule has 7 heteroatoms. The zero-order valence-electron chi connectivity index (χ0n) is 6.23. The molecular formula is C5H11N3O3S. The van der Waals surface area contributed by atoms with E-state index >= 15 is 0 Å². The Balaban J connectivity index is 3.94. The van der Waals surface area contributed by atoms with Crippen LogP contribution in [0.3, 0.4) is 0 Å². The minimum atomic E-state index is -1.30. The molecule has 6 nitrogen and oxygen atoms in total. The number of hydrogen-bond acceptors (Lipinski definition) is 5. The highest BCUT2D eigenvalue weighted by molar-refractivity contribution is 7.81. The SMILES string of the molecule is NC(NC(=O)CS)C(N)C(=O)O. The number of hydrogen-bond donors (Lipinski definition) is 5. The van der Waals surface area contributed by atoms with Gasteiger partial charge in [-0.2, -0.15) is 12.6 Å². The summed E-state index contributed by atoms with van der Waals surface area (Å²) in [6.07, 6.45) is -1.08. The van der Waals surface area contributed by atoms with Crippen LogP contribution in [-0.2, 0) is 9.59 Å². The Bertz CT molecular complexity index is 187. The third-order valence-electron chi connectivity index (χ3n) is 1.14. The summed E-state index contributed by atoms with van der Waals surface area (Å²) in [7, 11) is 0. The van der Waals surface area contributed by atoms with Gasteiger partial charge in [0.1, 0.15) is 12.2 Å². The van der Waals surface area contributed by atoms with Crippen molar-refractivity contribution < 1.29 is 14.7 Å². The minimum Gasteiger partial charge on any atom is -0.480 e. The third kappa shape index (κ3) is 3.56. The summed E-state index contributed by atoms with van der Waals surface area (Å²) in [6, 6.07) is -1.30. The van der Waals surface area contributed by atoms with E-state index in [2.05, 4.69) is 17.9 Å². The number of carbonyl (C=O) groups excluding carboxylic acids is 1. The first kappa shape index (κ1) is 11.2. The van der Waals surface area contributed by atoms with Crippen LogP contribution in [0.2, 0.25) is 0 Å². The Morgan fingerprint density at radius 3 is 2.33 bits per heavy atom. The van der Waals surface area contributed by atoms with E-state index in [1.807, 2.05) is 0 Å². The van der Waals surface area contributed by atoms with Crippen LogP contribution in [0.5, 0.6) is 0 Å². The Labute approximate surface area is 74.7 Å². The van der Waals surface area contributed by atoms with Crippen molar-refractivity contribution in [1.29, 1.82) is 0 Å². The first-order chi connectivity index (χ1) is 5.49. The molecule has 0 bridgehead atoms. The minimum absolute atomic E-state index is 0.0555. The molecule has 0 aliphatic heterocycles. The second-order valence-corrected chi connectivity index (χ2v) is 2.43. The summed E-state index contributed by atoms with van der Waals surface area (Å²) in [6.45, 7) is 0. The first-order valence-corrected chi connectivity index (χ1v) is 3.76. The van der Waals surface area contributed by atoms with Crippen molar-refractivity contribution in [3.8, 4) is 0 Å². The number of carboxylic acid groups (broad SMARTS) is 1. The number of rotatable bonds is 4. The van der Waals surface area contributed by atoms with Crippen LogP contribution in [0, 0.1) is 0 Å². The van der Waals surface area contributed by atoms with Crippen LogP contribution in [0.15, 0.2) is 0 Å². The lowest BCUT2D eigenvalue weighted by Gasteiger charge is -2.16. The van der Waals surface area contributed by atoms with E-state index in [4.69, 9.17) is 16.6 Å². The van der Waals surface area contributed by atoms with Gasteiger partial charge in [0.2, 0.25) is 5.91 Å². The van der Waals surface area contributed by atoms with Crippen molar-refractivity contribution in [3.63, 3.8) is 0 Å². The predicted octanol–water partition coefficient (Wildman–Crippen LogP) is -2.27. The summed E-state index contributed by atoms with van der Waals surface area (Å²) < 4.78 is 0. The van der Waals surface area contributed by atoms with E-state index < -0.39 is 24.1 Å².